The highest BCUT2D eigenvalue weighted by molar-refractivity contribution is 5.42. The van der Waals surface area contributed by atoms with Gasteiger partial charge in [-0.15, -0.1) is 12.3 Å². The number of fused-ring (bicyclic) bond motifs is 3. The van der Waals surface area contributed by atoms with Gasteiger partial charge in [0.25, 0.3) is 0 Å². The summed E-state index contributed by atoms with van der Waals surface area (Å²) in [6, 6.07) is 8.29. The van der Waals surface area contributed by atoms with Crippen LogP contribution in [-0.2, 0) is 0 Å². The zero-order valence-electron chi connectivity index (χ0n) is 10.2. The monoisotopic (exact) mass is 226 g/mol. The molecule has 1 aromatic carbocycles. The van der Waals surface area contributed by atoms with E-state index in [2.05, 4.69) is 31.0 Å². The van der Waals surface area contributed by atoms with Crippen molar-refractivity contribution in [2.45, 2.75) is 38.2 Å². The molecule has 0 aliphatic heterocycles. The van der Waals surface area contributed by atoms with E-state index in [4.69, 9.17) is 6.42 Å². The van der Waals surface area contributed by atoms with Crippen molar-refractivity contribution >= 4 is 0 Å². The van der Waals surface area contributed by atoms with Gasteiger partial charge in [-0.25, -0.2) is 0 Å². The third kappa shape index (κ3) is 1.25. The van der Waals surface area contributed by atoms with Crippen LogP contribution >= 0.6 is 0 Å². The van der Waals surface area contributed by atoms with Crippen LogP contribution in [0.1, 0.15) is 49.3 Å². The van der Waals surface area contributed by atoms with Gasteiger partial charge in [0, 0.05) is 11.3 Å². The number of benzene rings is 1. The Hall–Kier alpha value is -1.26. The van der Waals surface area contributed by atoms with Crippen molar-refractivity contribution in [1.29, 1.82) is 0 Å². The second-order valence-electron chi connectivity index (χ2n) is 5.60. The molecule has 1 N–H and O–H groups in total. The maximum absolute atomic E-state index is 10.6. The zero-order chi connectivity index (χ0) is 12.0. The predicted octanol–water partition coefficient (Wildman–Crippen LogP) is 3.26. The van der Waals surface area contributed by atoms with Crippen molar-refractivity contribution in [2.75, 3.05) is 0 Å². The Balaban J connectivity index is 2.15. The van der Waals surface area contributed by atoms with Crippen LogP contribution in [-0.4, -0.2) is 5.11 Å². The summed E-state index contributed by atoms with van der Waals surface area (Å²) in [6.07, 6.45) is 8.66. The van der Waals surface area contributed by atoms with Gasteiger partial charge >= 0.3 is 0 Å². The molecule has 1 aromatic rings. The molecule has 0 bridgehead atoms. The SMILES string of the molecule is C#C[C@H]1CCC[C@@H]2c3ccccc3[C@@H](O)[C@@]21C. The van der Waals surface area contributed by atoms with E-state index in [0.717, 1.165) is 18.4 Å². The molecule has 2 aliphatic rings. The second kappa shape index (κ2) is 3.62. The minimum atomic E-state index is -0.398. The van der Waals surface area contributed by atoms with Crippen LogP contribution in [0, 0.1) is 23.7 Å². The summed E-state index contributed by atoms with van der Waals surface area (Å²) in [5, 5.41) is 10.6. The number of aliphatic hydroxyl groups excluding tert-OH is 1. The van der Waals surface area contributed by atoms with Crippen LogP contribution in [0.2, 0.25) is 0 Å². The first kappa shape index (κ1) is 10.9. The average molecular weight is 226 g/mol. The molecular weight excluding hydrogens is 208 g/mol. The van der Waals surface area contributed by atoms with Gasteiger partial charge in [-0.05, 0) is 29.9 Å². The van der Waals surface area contributed by atoms with Crippen molar-refractivity contribution in [3.8, 4) is 12.3 Å². The molecule has 3 rings (SSSR count). The molecule has 0 saturated heterocycles. The predicted molar refractivity (Wildman–Crippen MR) is 68.4 cm³/mol. The van der Waals surface area contributed by atoms with Crippen molar-refractivity contribution in [1.82, 2.24) is 0 Å². The molecule has 2 aliphatic carbocycles. The summed E-state index contributed by atoms with van der Waals surface area (Å²) >= 11 is 0. The minimum absolute atomic E-state index is 0.156. The van der Waals surface area contributed by atoms with Gasteiger partial charge in [0.05, 0.1) is 6.10 Å². The molecule has 0 aromatic heterocycles. The first-order chi connectivity index (χ1) is 8.19. The average Bonchev–Trinajstić information content (AvgIpc) is 2.59. The normalized spacial score (nSPS) is 39.2. The molecule has 0 radical (unpaired) electrons. The Labute approximate surface area is 103 Å². The van der Waals surface area contributed by atoms with Gasteiger partial charge < -0.3 is 5.11 Å². The third-order valence-electron chi connectivity index (χ3n) is 4.94. The second-order valence-corrected chi connectivity index (χ2v) is 5.60. The van der Waals surface area contributed by atoms with E-state index in [1.165, 1.54) is 12.0 Å². The molecular formula is C16H18O. The molecule has 1 saturated carbocycles. The molecule has 1 nitrogen and oxygen atoms in total. The quantitative estimate of drug-likeness (QED) is 0.673. The Morgan fingerprint density at radius 1 is 1.29 bits per heavy atom. The summed E-state index contributed by atoms with van der Waals surface area (Å²) in [5.74, 6) is 3.55. The van der Waals surface area contributed by atoms with Crippen molar-refractivity contribution < 1.29 is 5.11 Å². The lowest BCUT2D eigenvalue weighted by Gasteiger charge is -2.43. The van der Waals surface area contributed by atoms with Crippen LogP contribution < -0.4 is 0 Å². The zero-order valence-corrected chi connectivity index (χ0v) is 10.2. The molecule has 1 fully saturated rings. The Morgan fingerprint density at radius 2 is 2.00 bits per heavy atom. The Bertz CT molecular complexity index is 485. The first-order valence-corrected chi connectivity index (χ1v) is 6.42. The van der Waals surface area contributed by atoms with E-state index in [0.29, 0.717) is 5.92 Å². The van der Waals surface area contributed by atoms with Gasteiger partial charge in [0.1, 0.15) is 0 Å². The number of hydrogen-bond donors (Lipinski definition) is 1. The topological polar surface area (TPSA) is 20.2 Å². The van der Waals surface area contributed by atoms with E-state index in [-0.39, 0.29) is 11.3 Å². The van der Waals surface area contributed by atoms with Crippen molar-refractivity contribution in [2.24, 2.45) is 11.3 Å². The fraction of sp³-hybridized carbons (Fsp3) is 0.500. The van der Waals surface area contributed by atoms with Gasteiger partial charge in [0.15, 0.2) is 0 Å². The van der Waals surface area contributed by atoms with Gasteiger partial charge in [0.2, 0.25) is 0 Å². The smallest absolute Gasteiger partial charge is 0.0864 e. The highest BCUT2D eigenvalue weighted by Crippen LogP contribution is 2.62. The summed E-state index contributed by atoms with van der Waals surface area (Å²) in [5.41, 5.74) is 2.26. The van der Waals surface area contributed by atoms with Crippen molar-refractivity contribution in [3.05, 3.63) is 35.4 Å². The molecule has 0 heterocycles. The summed E-state index contributed by atoms with van der Waals surface area (Å²) in [4.78, 5) is 0. The largest absolute Gasteiger partial charge is 0.388 e. The third-order valence-corrected chi connectivity index (χ3v) is 4.94. The standard InChI is InChI=1S/C16H18O/c1-3-11-7-6-10-14-12-8-4-5-9-13(12)15(17)16(11,14)2/h1,4-5,8-9,11,14-15,17H,6-7,10H2,2H3/t11-,14+,15+,16+/m0/s1. The minimum Gasteiger partial charge on any atom is -0.388 e. The van der Waals surface area contributed by atoms with E-state index < -0.39 is 6.10 Å². The van der Waals surface area contributed by atoms with Gasteiger partial charge in [-0.1, -0.05) is 37.6 Å². The Kier molecular flexibility index (Phi) is 2.31. The lowest BCUT2D eigenvalue weighted by Crippen LogP contribution is -2.37. The Morgan fingerprint density at radius 3 is 2.71 bits per heavy atom. The maximum atomic E-state index is 10.6. The lowest BCUT2D eigenvalue weighted by molar-refractivity contribution is -0.0145. The van der Waals surface area contributed by atoms with E-state index in [1.54, 1.807) is 0 Å². The van der Waals surface area contributed by atoms with Crippen LogP contribution in [0.25, 0.3) is 0 Å². The summed E-state index contributed by atoms with van der Waals surface area (Å²) < 4.78 is 0. The fourth-order valence-corrected chi connectivity index (χ4v) is 3.94. The fourth-order valence-electron chi connectivity index (χ4n) is 3.94. The lowest BCUT2D eigenvalue weighted by atomic mass is 9.61. The van der Waals surface area contributed by atoms with Crippen LogP contribution in [0.4, 0.5) is 0 Å². The molecule has 4 atom stereocenters. The molecule has 88 valence electrons. The molecule has 17 heavy (non-hydrogen) atoms. The van der Waals surface area contributed by atoms with E-state index >= 15 is 0 Å². The van der Waals surface area contributed by atoms with Crippen LogP contribution in [0.3, 0.4) is 0 Å². The van der Waals surface area contributed by atoms with Crippen LogP contribution in [0.15, 0.2) is 24.3 Å². The molecule has 0 spiro atoms. The number of terminal acetylenes is 1. The van der Waals surface area contributed by atoms with E-state index in [9.17, 15) is 5.11 Å². The van der Waals surface area contributed by atoms with E-state index in [1.807, 2.05) is 6.07 Å². The van der Waals surface area contributed by atoms with Gasteiger partial charge in [-0.2, -0.15) is 0 Å². The van der Waals surface area contributed by atoms with Crippen LogP contribution in [0.5, 0.6) is 0 Å². The first-order valence-electron chi connectivity index (χ1n) is 6.42. The molecule has 0 unspecified atom stereocenters. The molecule has 0 amide bonds. The van der Waals surface area contributed by atoms with Crippen molar-refractivity contribution in [3.63, 3.8) is 0 Å². The summed E-state index contributed by atoms with van der Waals surface area (Å²) in [6.45, 7) is 2.17. The number of hydrogen-bond acceptors (Lipinski definition) is 1. The highest BCUT2D eigenvalue weighted by atomic mass is 16.3. The number of rotatable bonds is 0. The number of aliphatic hydroxyl groups is 1. The molecule has 1 heteroatoms. The van der Waals surface area contributed by atoms with Gasteiger partial charge in [-0.3, -0.25) is 0 Å². The maximum Gasteiger partial charge on any atom is 0.0864 e. The highest BCUT2D eigenvalue weighted by Gasteiger charge is 2.54. The summed E-state index contributed by atoms with van der Waals surface area (Å²) in [7, 11) is 0.